The molecule has 0 atom stereocenters. The summed E-state index contributed by atoms with van der Waals surface area (Å²) >= 11 is 2.02. The van der Waals surface area contributed by atoms with Crippen molar-refractivity contribution in [2.24, 2.45) is 0 Å². The maximum absolute atomic E-state index is 11.5. The highest BCUT2D eigenvalue weighted by Crippen LogP contribution is 2.37. The fourth-order valence-electron chi connectivity index (χ4n) is 3.08. The summed E-state index contributed by atoms with van der Waals surface area (Å²) in [5.41, 5.74) is 3.48. The predicted octanol–water partition coefficient (Wildman–Crippen LogP) is 3.33. The van der Waals surface area contributed by atoms with Crippen LogP contribution in [0.15, 0.2) is 27.9 Å². The lowest BCUT2D eigenvalue weighted by molar-refractivity contribution is 0.282. The fourth-order valence-corrected chi connectivity index (χ4v) is 4.39. The number of benzene rings is 1. The largest absolute Gasteiger partial charge is 0.322 e. The van der Waals surface area contributed by atoms with E-state index in [1.807, 2.05) is 17.8 Å². The highest BCUT2D eigenvalue weighted by molar-refractivity contribution is 8.00. The average Bonchev–Trinajstić information content (AvgIpc) is 2.45. The molecular formula is C17H22N2OS. The second-order valence-corrected chi connectivity index (χ2v) is 7.36. The Morgan fingerprint density at radius 1 is 1.24 bits per heavy atom. The minimum absolute atomic E-state index is 0.0305. The third kappa shape index (κ3) is 3.01. The number of nitrogens with one attached hydrogen (secondary N) is 1. The molecule has 0 bridgehead atoms. The van der Waals surface area contributed by atoms with Gasteiger partial charge in [0.05, 0.1) is 0 Å². The molecule has 112 valence electrons. The van der Waals surface area contributed by atoms with Gasteiger partial charge in [-0.25, -0.2) is 0 Å². The van der Waals surface area contributed by atoms with Crippen molar-refractivity contribution in [2.45, 2.75) is 36.8 Å². The first-order valence-corrected chi connectivity index (χ1v) is 8.41. The number of aryl methyl sites for hydroxylation is 2. The number of piperidine rings is 1. The summed E-state index contributed by atoms with van der Waals surface area (Å²) in [4.78, 5) is 18.2. The van der Waals surface area contributed by atoms with E-state index in [0.29, 0.717) is 5.25 Å². The minimum atomic E-state index is -0.0305. The van der Waals surface area contributed by atoms with E-state index < -0.39 is 0 Å². The van der Waals surface area contributed by atoms with Crippen LogP contribution in [0.5, 0.6) is 0 Å². The number of thioether (sulfide) groups is 1. The SMILES string of the molecule is Cc1cc2[nH]c(=O)ccc2c(C)c1SC1CCN(C)CC1. The Labute approximate surface area is 129 Å². The molecule has 0 spiro atoms. The molecule has 0 amide bonds. The predicted molar refractivity (Wildman–Crippen MR) is 90.4 cm³/mol. The second kappa shape index (κ2) is 5.85. The molecule has 1 aliphatic heterocycles. The first kappa shape index (κ1) is 14.7. The van der Waals surface area contributed by atoms with E-state index in [1.165, 1.54) is 42.0 Å². The van der Waals surface area contributed by atoms with Crippen molar-refractivity contribution in [3.05, 3.63) is 39.7 Å². The number of likely N-dealkylation sites (tertiary alicyclic amines) is 1. The number of hydrogen-bond donors (Lipinski definition) is 1. The highest BCUT2D eigenvalue weighted by Gasteiger charge is 2.20. The molecule has 4 heteroatoms. The zero-order valence-electron chi connectivity index (χ0n) is 12.9. The van der Waals surface area contributed by atoms with Crippen molar-refractivity contribution < 1.29 is 0 Å². The molecule has 1 saturated heterocycles. The van der Waals surface area contributed by atoms with Crippen LogP contribution in [0.4, 0.5) is 0 Å². The van der Waals surface area contributed by atoms with Crippen LogP contribution in [0.2, 0.25) is 0 Å². The van der Waals surface area contributed by atoms with Gasteiger partial charge in [-0.3, -0.25) is 4.79 Å². The molecule has 2 heterocycles. The molecule has 0 radical (unpaired) electrons. The number of fused-ring (bicyclic) bond motifs is 1. The molecule has 2 aromatic rings. The molecule has 1 aromatic carbocycles. The van der Waals surface area contributed by atoms with Gasteiger partial charge in [-0.2, -0.15) is 0 Å². The Morgan fingerprint density at radius 3 is 2.67 bits per heavy atom. The van der Waals surface area contributed by atoms with E-state index in [4.69, 9.17) is 0 Å². The number of aromatic amines is 1. The first-order chi connectivity index (χ1) is 10.0. The van der Waals surface area contributed by atoms with Gasteiger partial charge in [0.25, 0.3) is 0 Å². The Bertz CT molecular complexity index is 715. The van der Waals surface area contributed by atoms with Gasteiger partial charge < -0.3 is 9.88 Å². The van der Waals surface area contributed by atoms with E-state index in [0.717, 1.165) is 10.9 Å². The fraction of sp³-hybridized carbons (Fsp3) is 0.471. The van der Waals surface area contributed by atoms with Crippen molar-refractivity contribution in [1.29, 1.82) is 0 Å². The standard InChI is InChI=1S/C17H22N2OS/c1-11-10-15-14(4-5-16(20)18-15)12(2)17(11)21-13-6-8-19(3)9-7-13/h4-5,10,13H,6-9H2,1-3H3,(H,18,20). The number of hydrogen-bond acceptors (Lipinski definition) is 3. The van der Waals surface area contributed by atoms with Gasteiger partial charge in [-0.1, -0.05) is 0 Å². The summed E-state index contributed by atoms with van der Waals surface area (Å²) in [6.45, 7) is 6.70. The topological polar surface area (TPSA) is 36.1 Å². The van der Waals surface area contributed by atoms with Crippen LogP contribution in [0.3, 0.4) is 0 Å². The summed E-state index contributed by atoms with van der Waals surface area (Å²) < 4.78 is 0. The molecule has 3 nitrogen and oxygen atoms in total. The van der Waals surface area contributed by atoms with Gasteiger partial charge in [0.15, 0.2) is 0 Å². The van der Waals surface area contributed by atoms with Gasteiger partial charge in [-0.05, 0) is 70.1 Å². The molecule has 1 aromatic heterocycles. The van der Waals surface area contributed by atoms with Crippen molar-refractivity contribution in [3.8, 4) is 0 Å². The van der Waals surface area contributed by atoms with Crippen molar-refractivity contribution in [2.75, 3.05) is 20.1 Å². The average molecular weight is 302 g/mol. The number of nitrogens with zero attached hydrogens (tertiary/aromatic N) is 1. The lowest BCUT2D eigenvalue weighted by Gasteiger charge is -2.29. The molecule has 1 aliphatic rings. The molecular weight excluding hydrogens is 280 g/mol. The van der Waals surface area contributed by atoms with Crippen LogP contribution in [-0.4, -0.2) is 35.3 Å². The number of pyridine rings is 1. The maximum atomic E-state index is 11.5. The Kier molecular flexibility index (Phi) is 4.09. The highest BCUT2D eigenvalue weighted by atomic mass is 32.2. The Hall–Kier alpha value is -1.26. The molecule has 3 rings (SSSR count). The van der Waals surface area contributed by atoms with E-state index in [2.05, 4.69) is 36.8 Å². The van der Waals surface area contributed by atoms with Gasteiger partial charge >= 0.3 is 0 Å². The van der Waals surface area contributed by atoms with Crippen LogP contribution in [0, 0.1) is 13.8 Å². The van der Waals surface area contributed by atoms with Gasteiger partial charge in [-0.15, -0.1) is 11.8 Å². The lowest BCUT2D eigenvalue weighted by atomic mass is 10.1. The number of aromatic nitrogens is 1. The number of H-pyrrole nitrogens is 1. The van der Waals surface area contributed by atoms with Crippen LogP contribution in [-0.2, 0) is 0 Å². The summed E-state index contributed by atoms with van der Waals surface area (Å²) in [5, 5.41) is 1.87. The monoisotopic (exact) mass is 302 g/mol. The van der Waals surface area contributed by atoms with E-state index in [9.17, 15) is 4.79 Å². The Balaban J connectivity index is 1.95. The molecule has 1 N–H and O–H groups in total. The van der Waals surface area contributed by atoms with Gasteiger partial charge in [0.1, 0.15) is 0 Å². The van der Waals surface area contributed by atoms with Crippen LogP contribution >= 0.6 is 11.8 Å². The van der Waals surface area contributed by atoms with Crippen LogP contribution < -0.4 is 5.56 Å². The third-order valence-electron chi connectivity index (χ3n) is 4.36. The third-order valence-corrected chi connectivity index (χ3v) is 6.03. The maximum Gasteiger partial charge on any atom is 0.248 e. The van der Waals surface area contributed by atoms with Crippen molar-refractivity contribution in [1.82, 2.24) is 9.88 Å². The minimum Gasteiger partial charge on any atom is -0.322 e. The van der Waals surface area contributed by atoms with E-state index in [-0.39, 0.29) is 5.56 Å². The van der Waals surface area contributed by atoms with Gasteiger partial charge in [0, 0.05) is 27.1 Å². The summed E-state index contributed by atoms with van der Waals surface area (Å²) in [5.74, 6) is 0. The normalized spacial score (nSPS) is 17.5. The summed E-state index contributed by atoms with van der Waals surface area (Å²) in [7, 11) is 2.20. The van der Waals surface area contributed by atoms with E-state index in [1.54, 1.807) is 6.07 Å². The smallest absolute Gasteiger partial charge is 0.248 e. The quantitative estimate of drug-likeness (QED) is 0.924. The van der Waals surface area contributed by atoms with E-state index >= 15 is 0 Å². The first-order valence-electron chi connectivity index (χ1n) is 7.53. The molecule has 0 aliphatic carbocycles. The van der Waals surface area contributed by atoms with Crippen molar-refractivity contribution >= 4 is 22.7 Å². The second-order valence-electron chi connectivity index (χ2n) is 6.05. The van der Waals surface area contributed by atoms with Crippen molar-refractivity contribution in [3.63, 3.8) is 0 Å². The Morgan fingerprint density at radius 2 is 1.95 bits per heavy atom. The summed E-state index contributed by atoms with van der Waals surface area (Å²) in [6, 6.07) is 5.68. The summed E-state index contributed by atoms with van der Waals surface area (Å²) in [6.07, 6.45) is 2.51. The van der Waals surface area contributed by atoms with Crippen LogP contribution in [0.1, 0.15) is 24.0 Å². The van der Waals surface area contributed by atoms with Crippen LogP contribution in [0.25, 0.3) is 10.9 Å². The lowest BCUT2D eigenvalue weighted by Crippen LogP contribution is -2.31. The molecule has 0 saturated carbocycles. The molecule has 1 fully saturated rings. The zero-order valence-corrected chi connectivity index (χ0v) is 13.7. The number of rotatable bonds is 2. The molecule has 0 unspecified atom stereocenters. The molecule has 21 heavy (non-hydrogen) atoms. The zero-order chi connectivity index (χ0) is 15.0. The van der Waals surface area contributed by atoms with Gasteiger partial charge in [0.2, 0.25) is 5.56 Å².